The Morgan fingerprint density at radius 3 is 2.71 bits per heavy atom. The van der Waals surface area contributed by atoms with Crippen molar-refractivity contribution in [2.75, 3.05) is 7.11 Å². The van der Waals surface area contributed by atoms with Crippen LogP contribution >= 0.6 is 0 Å². The van der Waals surface area contributed by atoms with Crippen molar-refractivity contribution in [3.8, 4) is 5.75 Å². The van der Waals surface area contributed by atoms with E-state index in [-0.39, 0.29) is 0 Å². The highest BCUT2D eigenvalue weighted by atomic mass is 16.5. The summed E-state index contributed by atoms with van der Waals surface area (Å²) >= 11 is 0. The van der Waals surface area contributed by atoms with Crippen molar-refractivity contribution in [3.05, 3.63) is 47.3 Å². The Kier molecular flexibility index (Phi) is 5.39. The lowest BCUT2D eigenvalue weighted by Gasteiger charge is -2.12. The van der Waals surface area contributed by atoms with Gasteiger partial charge < -0.3 is 9.84 Å². The third kappa shape index (κ3) is 4.08. The molecule has 0 aliphatic heterocycles. The SMILES string of the molecule is CCc1cc(CC(O)Cc2cccc(OC)c2)n(CC)n1. The fourth-order valence-electron chi connectivity index (χ4n) is 2.51. The second kappa shape index (κ2) is 7.27. The minimum atomic E-state index is -0.413. The number of aromatic nitrogens is 2. The lowest BCUT2D eigenvalue weighted by Crippen LogP contribution is -2.17. The number of hydrogen-bond donors (Lipinski definition) is 1. The predicted octanol–water partition coefficient (Wildman–Crippen LogP) is 2.62. The number of aliphatic hydroxyl groups excluding tert-OH is 1. The molecule has 0 saturated heterocycles. The van der Waals surface area contributed by atoms with Crippen LogP contribution in [0.25, 0.3) is 0 Å². The predicted molar refractivity (Wildman–Crippen MR) is 83.7 cm³/mol. The van der Waals surface area contributed by atoms with Gasteiger partial charge in [-0.05, 0) is 43.5 Å². The van der Waals surface area contributed by atoms with E-state index >= 15 is 0 Å². The van der Waals surface area contributed by atoms with Crippen LogP contribution in [-0.4, -0.2) is 28.1 Å². The van der Waals surface area contributed by atoms with Gasteiger partial charge in [0.15, 0.2) is 0 Å². The van der Waals surface area contributed by atoms with Crippen molar-refractivity contribution in [1.82, 2.24) is 9.78 Å². The summed E-state index contributed by atoms with van der Waals surface area (Å²) in [4.78, 5) is 0. The van der Waals surface area contributed by atoms with Crippen molar-refractivity contribution in [2.24, 2.45) is 0 Å². The van der Waals surface area contributed by atoms with Gasteiger partial charge in [0.05, 0.1) is 18.9 Å². The molecule has 0 bridgehead atoms. The van der Waals surface area contributed by atoms with Crippen molar-refractivity contribution >= 4 is 0 Å². The first-order chi connectivity index (χ1) is 10.2. The smallest absolute Gasteiger partial charge is 0.119 e. The monoisotopic (exact) mass is 288 g/mol. The highest BCUT2D eigenvalue weighted by molar-refractivity contribution is 5.29. The van der Waals surface area contributed by atoms with E-state index in [9.17, 15) is 5.11 Å². The molecule has 2 aromatic rings. The molecule has 4 heteroatoms. The molecule has 0 aliphatic carbocycles. The largest absolute Gasteiger partial charge is 0.497 e. The molecule has 0 spiro atoms. The van der Waals surface area contributed by atoms with Crippen LogP contribution in [0.3, 0.4) is 0 Å². The second-order valence-corrected chi connectivity index (χ2v) is 5.21. The zero-order valence-electron chi connectivity index (χ0n) is 13.0. The van der Waals surface area contributed by atoms with Crippen LogP contribution in [0.2, 0.25) is 0 Å². The first kappa shape index (κ1) is 15.6. The Morgan fingerprint density at radius 1 is 1.24 bits per heavy atom. The first-order valence-electron chi connectivity index (χ1n) is 7.52. The van der Waals surface area contributed by atoms with Gasteiger partial charge >= 0.3 is 0 Å². The van der Waals surface area contributed by atoms with Crippen LogP contribution in [0.1, 0.15) is 30.8 Å². The Hall–Kier alpha value is -1.81. The second-order valence-electron chi connectivity index (χ2n) is 5.21. The fourth-order valence-corrected chi connectivity index (χ4v) is 2.51. The Bertz CT molecular complexity index is 578. The van der Waals surface area contributed by atoms with Crippen LogP contribution in [0.15, 0.2) is 30.3 Å². The van der Waals surface area contributed by atoms with Crippen molar-refractivity contribution < 1.29 is 9.84 Å². The molecule has 1 aromatic heterocycles. The standard InChI is InChI=1S/C17H24N2O2/c1-4-14-11-15(19(5-2)18-14)12-16(20)9-13-7-6-8-17(10-13)21-3/h6-8,10-11,16,20H,4-5,9,12H2,1-3H3. The summed E-state index contributed by atoms with van der Waals surface area (Å²) < 4.78 is 7.19. The third-order valence-electron chi connectivity index (χ3n) is 3.63. The Balaban J connectivity index is 2.03. The van der Waals surface area contributed by atoms with E-state index in [1.165, 1.54) is 0 Å². The molecule has 0 amide bonds. The van der Waals surface area contributed by atoms with E-state index in [2.05, 4.69) is 25.0 Å². The number of hydrogen-bond acceptors (Lipinski definition) is 3. The molecule has 0 aliphatic rings. The van der Waals surface area contributed by atoms with Crippen LogP contribution in [0.5, 0.6) is 5.75 Å². The summed E-state index contributed by atoms with van der Waals surface area (Å²) in [7, 11) is 1.65. The molecule has 0 saturated carbocycles. The highest BCUT2D eigenvalue weighted by Gasteiger charge is 2.12. The van der Waals surface area contributed by atoms with Crippen molar-refractivity contribution in [2.45, 2.75) is 45.8 Å². The van der Waals surface area contributed by atoms with Crippen LogP contribution in [0, 0.1) is 0 Å². The van der Waals surface area contributed by atoms with E-state index in [0.717, 1.165) is 35.7 Å². The summed E-state index contributed by atoms with van der Waals surface area (Å²) in [6, 6.07) is 9.94. The molecule has 1 atom stereocenters. The molecule has 1 unspecified atom stereocenters. The number of methoxy groups -OCH3 is 1. The maximum atomic E-state index is 10.3. The van der Waals surface area contributed by atoms with Gasteiger partial charge in [-0.2, -0.15) is 5.10 Å². The molecular weight excluding hydrogens is 264 g/mol. The third-order valence-corrected chi connectivity index (χ3v) is 3.63. The Labute approximate surface area is 126 Å². The lowest BCUT2D eigenvalue weighted by molar-refractivity contribution is 0.172. The fraction of sp³-hybridized carbons (Fsp3) is 0.471. The van der Waals surface area contributed by atoms with Crippen molar-refractivity contribution in [1.29, 1.82) is 0 Å². The number of aliphatic hydroxyl groups is 1. The lowest BCUT2D eigenvalue weighted by atomic mass is 10.0. The number of aryl methyl sites for hydroxylation is 2. The van der Waals surface area contributed by atoms with Gasteiger partial charge in [-0.25, -0.2) is 0 Å². The van der Waals surface area contributed by atoms with Crippen LogP contribution < -0.4 is 4.74 Å². The van der Waals surface area contributed by atoms with Gasteiger partial charge in [-0.15, -0.1) is 0 Å². The average Bonchev–Trinajstić information content (AvgIpc) is 2.89. The van der Waals surface area contributed by atoms with Gasteiger partial charge in [0.2, 0.25) is 0 Å². The number of nitrogens with zero attached hydrogens (tertiary/aromatic N) is 2. The number of ether oxygens (including phenoxy) is 1. The molecule has 0 radical (unpaired) electrons. The normalized spacial score (nSPS) is 12.4. The van der Waals surface area contributed by atoms with E-state index in [1.54, 1.807) is 7.11 Å². The highest BCUT2D eigenvalue weighted by Crippen LogP contribution is 2.16. The van der Waals surface area contributed by atoms with Gasteiger partial charge in [-0.3, -0.25) is 4.68 Å². The molecule has 1 aromatic carbocycles. The zero-order chi connectivity index (χ0) is 15.2. The minimum Gasteiger partial charge on any atom is -0.497 e. The van der Waals surface area contributed by atoms with E-state index in [4.69, 9.17) is 4.74 Å². The molecule has 2 rings (SSSR count). The summed E-state index contributed by atoms with van der Waals surface area (Å²) in [5.41, 5.74) is 3.27. The molecular formula is C17H24N2O2. The quantitative estimate of drug-likeness (QED) is 0.852. The van der Waals surface area contributed by atoms with E-state index < -0.39 is 6.10 Å². The van der Waals surface area contributed by atoms with Crippen molar-refractivity contribution in [3.63, 3.8) is 0 Å². The van der Waals surface area contributed by atoms with E-state index in [0.29, 0.717) is 12.8 Å². The topological polar surface area (TPSA) is 47.3 Å². The summed E-state index contributed by atoms with van der Waals surface area (Å²) in [5.74, 6) is 0.826. The maximum absolute atomic E-state index is 10.3. The van der Waals surface area contributed by atoms with Gasteiger partial charge in [-0.1, -0.05) is 19.1 Å². The Morgan fingerprint density at radius 2 is 2.05 bits per heavy atom. The zero-order valence-corrected chi connectivity index (χ0v) is 13.0. The number of benzene rings is 1. The summed E-state index contributed by atoms with van der Waals surface area (Å²) in [6.45, 7) is 5.00. The molecule has 0 fully saturated rings. The minimum absolute atomic E-state index is 0.413. The van der Waals surface area contributed by atoms with E-state index in [1.807, 2.05) is 28.9 Å². The van der Waals surface area contributed by atoms with Gasteiger partial charge in [0.25, 0.3) is 0 Å². The van der Waals surface area contributed by atoms with Gasteiger partial charge in [0, 0.05) is 18.7 Å². The van der Waals surface area contributed by atoms with Crippen LogP contribution in [0.4, 0.5) is 0 Å². The van der Waals surface area contributed by atoms with Crippen LogP contribution in [-0.2, 0) is 25.8 Å². The molecule has 1 heterocycles. The first-order valence-corrected chi connectivity index (χ1v) is 7.52. The maximum Gasteiger partial charge on any atom is 0.119 e. The molecule has 114 valence electrons. The molecule has 1 N–H and O–H groups in total. The van der Waals surface area contributed by atoms with Gasteiger partial charge in [0.1, 0.15) is 5.75 Å². The summed E-state index contributed by atoms with van der Waals surface area (Å²) in [6.07, 6.45) is 1.75. The molecule has 21 heavy (non-hydrogen) atoms. The average molecular weight is 288 g/mol. The number of rotatable bonds is 7. The molecule has 4 nitrogen and oxygen atoms in total. The summed E-state index contributed by atoms with van der Waals surface area (Å²) in [5, 5.41) is 14.9.